The first-order valence-electron chi connectivity index (χ1n) is 4.41. The molecule has 1 aliphatic heterocycles. The molecule has 0 spiro atoms. The van der Waals surface area contributed by atoms with Crippen LogP contribution in [0.4, 0.5) is 0 Å². The molecule has 1 atom stereocenters. The summed E-state index contributed by atoms with van der Waals surface area (Å²) < 4.78 is 5.48. The Morgan fingerprint density at radius 2 is 2.00 bits per heavy atom. The van der Waals surface area contributed by atoms with Crippen LogP contribution in [0.1, 0.15) is 12.5 Å². The first-order chi connectivity index (χ1) is 6.63. The second-order valence-electron chi connectivity index (χ2n) is 3.40. The minimum atomic E-state index is -0.606. The van der Waals surface area contributed by atoms with Crippen LogP contribution in [0.15, 0.2) is 47.6 Å². The van der Waals surface area contributed by atoms with E-state index in [1.807, 2.05) is 37.3 Å². The standard InChI is InChI=1S/C11H12N2O/c1-8-11(2,14-10(12)13-8)9-6-4-3-5-7-9/h3-7H,1H2,2H3,(H2,12,13). The first kappa shape index (κ1) is 8.81. The van der Waals surface area contributed by atoms with Crippen molar-refractivity contribution in [1.82, 2.24) is 0 Å². The van der Waals surface area contributed by atoms with Crippen molar-refractivity contribution in [3.05, 3.63) is 48.2 Å². The van der Waals surface area contributed by atoms with Gasteiger partial charge in [-0.25, -0.2) is 0 Å². The highest BCUT2D eigenvalue weighted by atomic mass is 16.5. The summed E-state index contributed by atoms with van der Waals surface area (Å²) in [6.07, 6.45) is 0. The van der Waals surface area contributed by atoms with E-state index in [2.05, 4.69) is 11.6 Å². The van der Waals surface area contributed by atoms with Crippen LogP contribution in [0, 0.1) is 0 Å². The lowest BCUT2D eigenvalue weighted by Crippen LogP contribution is -2.27. The van der Waals surface area contributed by atoms with E-state index in [1.54, 1.807) is 0 Å². The lowest BCUT2D eigenvalue weighted by Gasteiger charge is -2.24. The molecule has 0 fully saturated rings. The minimum absolute atomic E-state index is 0.182. The fourth-order valence-electron chi connectivity index (χ4n) is 1.51. The molecular formula is C11H12N2O. The van der Waals surface area contributed by atoms with Gasteiger partial charge in [0.05, 0.1) is 5.70 Å². The van der Waals surface area contributed by atoms with Crippen molar-refractivity contribution < 1.29 is 4.74 Å². The number of nitrogens with zero attached hydrogens (tertiary/aromatic N) is 1. The average Bonchev–Trinajstić information content (AvgIpc) is 2.43. The normalized spacial score (nSPS) is 25.8. The van der Waals surface area contributed by atoms with Gasteiger partial charge < -0.3 is 10.5 Å². The molecule has 1 unspecified atom stereocenters. The highest BCUT2D eigenvalue weighted by Gasteiger charge is 2.37. The third-order valence-corrected chi connectivity index (χ3v) is 2.43. The maximum atomic E-state index is 5.51. The molecule has 2 N–H and O–H groups in total. The highest BCUT2D eigenvalue weighted by molar-refractivity contribution is 5.76. The van der Waals surface area contributed by atoms with Gasteiger partial charge in [0, 0.05) is 5.56 Å². The quantitative estimate of drug-likeness (QED) is 0.730. The molecule has 3 heteroatoms. The molecule has 1 aromatic rings. The zero-order valence-electron chi connectivity index (χ0n) is 8.03. The Labute approximate surface area is 82.9 Å². The summed E-state index contributed by atoms with van der Waals surface area (Å²) in [5.41, 5.74) is 6.55. The minimum Gasteiger partial charge on any atom is -0.447 e. The van der Waals surface area contributed by atoms with Crippen LogP contribution in [0.25, 0.3) is 0 Å². The van der Waals surface area contributed by atoms with Crippen molar-refractivity contribution in [2.45, 2.75) is 12.5 Å². The molecule has 1 aromatic carbocycles. The van der Waals surface area contributed by atoms with Crippen LogP contribution in [0.3, 0.4) is 0 Å². The molecule has 0 aliphatic carbocycles. The van der Waals surface area contributed by atoms with Gasteiger partial charge in [-0.1, -0.05) is 36.9 Å². The van der Waals surface area contributed by atoms with Crippen molar-refractivity contribution in [2.24, 2.45) is 10.7 Å². The van der Waals surface area contributed by atoms with Gasteiger partial charge >= 0.3 is 0 Å². The van der Waals surface area contributed by atoms with Crippen LogP contribution in [0.5, 0.6) is 0 Å². The lowest BCUT2D eigenvalue weighted by atomic mass is 9.94. The zero-order chi connectivity index (χ0) is 10.2. The van der Waals surface area contributed by atoms with Crippen LogP contribution < -0.4 is 5.73 Å². The number of rotatable bonds is 1. The number of ether oxygens (including phenoxy) is 1. The van der Waals surface area contributed by atoms with Crippen LogP contribution in [-0.4, -0.2) is 6.02 Å². The molecular weight excluding hydrogens is 176 g/mol. The third kappa shape index (κ3) is 1.18. The monoisotopic (exact) mass is 188 g/mol. The van der Waals surface area contributed by atoms with Crippen molar-refractivity contribution >= 4 is 6.02 Å². The van der Waals surface area contributed by atoms with Gasteiger partial charge in [0.2, 0.25) is 0 Å². The predicted molar refractivity (Wildman–Crippen MR) is 55.6 cm³/mol. The summed E-state index contributed by atoms with van der Waals surface area (Å²) in [6, 6.07) is 9.98. The molecule has 1 aliphatic rings. The Morgan fingerprint density at radius 3 is 2.50 bits per heavy atom. The first-order valence-corrected chi connectivity index (χ1v) is 4.41. The summed E-state index contributed by atoms with van der Waals surface area (Å²) in [5, 5.41) is 0. The van der Waals surface area contributed by atoms with Crippen LogP contribution >= 0.6 is 0 Å². The summed E-state index contributed by atoms with van der Waals surface area (Å²) >= 11 is 0. The molecule has 3 nitrogen and oxygen atoms in total. The van der Waals surface area contributed by atoms with Crippen molar-refractivity contribution in [2.75, 3.05) is 0 Å². The lowest BCUT2D eigenvalue weighted by molar-refractivity contribution is 0.130. The summed E-state index contributed by atoms with van der Waals surface area (Å²) in [7, 11) is 0. The topological polar surface area (TPSA) is 47.6 Å². The molecule has 0 amide bonds. The summed E-state index contributed by atoms with van der Waals surface area (Å²) in [6.45, 7) is 5.75. The Hall–Kier alpha value is -1.77. The number of nitrogens with two attached hydrogens (primary N) is 1. The molecule has 0 aromatic heterocycles. The maximum Gasteiger partial charge on any atom is 0.288 e. The molecule has 72 valence electrons. The van der Waals surface area contributed by atoms with Gasteiger partial charge in [-0.05, 0) is 6.92 Å². The number of hydrogen-bond donors (Lipinski definition) is 1. The van der Waals surface area contributed by atoms with Gasteiger partial charge in [-0.3, -0.25) is 0 Å². The van der Waals surface area contributed by atoms with E-state index in [4.69, 9.17) is 10.5 Å². The summed E-state index contributed by atoms with van der Waals surface area (Å²) in [4.78, 5) is 4.00. The predicted octanol–water partition coefficient (Wildman–Crippen LogP) is 1.76. The Morgan fingerprint density at radius 1 is 1.36 bits per heavy atom. The summed E-state index contributed by atoms with van der Waals surface area (Å²) in [5.74, 6) is 0. The Balaban J connectivity index is 2.41. The van der Waals surface area contributed by atoms with E-state index in [9.17, 15) is 0 Å². The van der Waals surface area contributed by atoms with Crippen LogP contribution in [0.2, 0.25) is 0 Å². The Bertz CT molecular complexity index is 397. The van der Waals surface area contributed by atoms with E-state index in [1.165, 1.54) is 0 Å². The SMILES string of the molecule is C=C1N=C(N)OC1(C)c1ccccc1. The van der Waals surface area contributed by atoms with E-state index < -0.39 is 5.60 Å². The second kappa shape index (κ2) is 2.87. The molecule has 2 rings (SSSR count). The van der Waals surface area contributed by atoms with Crippen molar-refractivity contribution in [3.63, 3.8) is 0 Å². The molecule has 0 radical (unpaired) electrons. The molecule has 0 bridgehead atoms. The molecule has 0 saturated heterocycles. The smallest absolute Gasteiger partial charge is 0.288 e. The number of hydrogen-bond acceptors (Lipinski definition) is 3. The maximum absolute atomic E-state index is 5.51. The molecule has 14 heavy (non-hydrogen) atoms. The van der Waals surface area contributed by atoms with Gasteiger partial charge in [-0.15, -0.1) is 0 Å². The highest BCUT2D eigenvalue weighted by Crippen LogP contribution is 2.36. The van der Waals surface area contributed by atoms with Crippen molar-refractivity contribution in [3.8, 4) is 0 Å². The second-order valence-corrected chi connectivity index (χ2v) is 3.40. The molecule has 0 saturated carbocycles. The number of aliphatic imine (C=N–C) groups is 1. The van der Waals surface area contributed by atoms with E-state index in [-0.39, 0.29) is 6.02 Å². The fourth-order valence-corrected chi connectivity index (χ4v) is 1.51. The van der Waals surface area contributed by atoms with E-state index in [0.717, 1.165) is 5.56 Å². The van der Waals surface area contributed by atoms with Crippen molar-refractivity contribution in [1.29, 1.82) is 0 Å². The van der Waals surface area contributed by atoms with Gasteiger partial charge in [-0.2, -0.15) is 4.99 Å². The van der Waals surface area contributed by atoms with Crippen LogP contribution in [-0.2, 0) is 10.3 Å². The van der Waals surface area contributed by atoms with Gasteiger partial charge in [0.25, 0.3) is 6.02 Å². The van der Waals surface area contributed by atoms with Gasteiger partial charge in [0.15, 0.2) is 5.60 Å². The Kier molecular flexibility index (Phi) is 1.81. The van der Waals surface area contributed by atoms with Gasteiger partial charge in [0.1, 0.15) is 0 Å². The fraction of sp³-hybridized carbons (Fsp3) is 0.182. The average molecular weight is 188 g/mol. The van der Waals surface area contributed by atoms with E-state index >= 15 is 0 Å². The number of benzene rings is 1. The number of amidine groups is 1. The largest absolute Gasteiger partial charge is 0.447 e. The zero-order valence-corrected chi connectivity index (χ0v) is 8.03. The molecule has 1 heterocycles. The van der Waals surface area contributed by atoms with E-state index in [0.29, 0.717) is 5.70 Å². The third-order valence-electron chi connectivity index (χ3n) is 2.43.